The highest BCUT2D eigenvalue weighted by Crippen LogP contribution is 2.29. The summed E-state index contributed by atoms with van der Waals surface area (Å²) in [6, 6.07) is 15.2. The second kappa shape index (κ2) is 8.08. The number of carbonyl (C=O) groups is 1. The fourth-order valence-electron chi connectivity index (χ4n) is 2.04. The maximum atomic E-state index is 12.5. The number of pyridine rings is 2. The lowest BCUT2D eigenvalue weighted by atomic mass is 10.2. The summed E-state index contributed by atoms with van der Waals surface area (Å²) >= 11 is 4.89. The Hall–Kier alpha value is -2.18. The molecule has 2 heterocycles. The molecule has 0 fully saturated rings. The zero-order chi connectivity index (χ0) is 16.8. The van der Waals surface area contributed by atoms with E-state index < -0.39 is 0 Å². The van der Waals surface area contributed by atoms with Crippen molar-refractivity contribution < 1.29 is 4.79 Å². The Morgan fingerprint density at radius 2 is 1.79 bits per heavy atom. The Bertz CT molecular complexity index is 825. The van der Waals surface area contributed by atoms with E-state index in [0.29, 0.717) is 17.1 Å². The van der Waals surface area contributed by atoms with Crippen LogP contribution in [0.25, 0.3) is 0 Å². The topological polar surface area (TPSA) is 54.9 Å². The number of carbonyl (C=O) groups excluding carboxylic acids is 1. The molecular weight excluding hydrogens is 386 g/mol. The van der Waals surface area contributed by atoms with Gasteiger partial charge < -0.3 is 5.32 Å². The summed E-state index contributed by atoms with van der Waals surface area (Å²) in [5, 5.41) is 3.61. The molecule has 2 aromatic heterocycles. The zero-order valence-electron chi connectivity index (χ0n) is 12.6. The molecule has 0 saturated carbocycles. The number of hydrogen-bond donors (Lipinski definition) is 1. The van der Waals surface area contributed by atoms with Crippen molar-refractivity contribution in [1.29, 1.82) is 0 Å². The van der Waals surface area contributed by atoms with Crippen LogP contribution in [0.1, 0.15) is 15.9 Å². The van der Waals surface area contributed by atoms with Gasteiger partial charge in [0.1, 0.15) is 5.03 Å². The highest BCUT2D eigenvalue weighted by Gasteiger charge is 2.13. The molecule has 0 spiro atoms. The lowest BCUT2D eigenvalue weighted by Crippen LogP contribution is -2.23. The normalized spacial score (nSPS) is 10.4. The highest BCUT2D eigenvalue weighted by molar-refractivity contribution is 9.10. The minimum absolute atomic E-state index is 0.139. The van der Waals surface area contributed by atoms with E-state index in [9.17, 15) is 4.79 Å². The van der Waals surface area contributed by atoms with Gasteiger partial charge in [-0.2, -0.15) is 0 Å². The Morgan fingerprint density at radius 3 is 2.54 bits per heavy atom. The lowest BCUT2D eigenvalue weighted by molar-refractivity contribution is 0.0947. The van der Waals surface area contributed by atoms with Crippen molar-refractivity contribution in [2.75, 3.05) is 0 Å². The van der Waals surface area contributed by atoms with Crippen LogP contribution in [-0.4, -0.2) is 15.9 Å². The third-order valence-electron chi connectivity index (χ3n) is 3.25. The molecule has 0 unspecified atom stereocenters. The largest absolute Gasteiger partial charge is 0.348 e. The first-order valence-electron chi connectivity index (χ1n) is 7.28. The van der Waals surface area contributed by atoms with Crippen LogP contribution in [0, 0.1) is 0 Å². The summed E-state index contributed by atoms with van der Waals surface area (Å²) in [5.74, 6) is -0.139. The lowest BCUT2D eigenvalue weighted by Gasteiger charge is -2.09. The number of rotatable bonds is 5. The van der Waals surface area contributed by atoms with E-state index >= 15 is 0 Å². The summed E-state index contributed by atoms with van der Waals surface area (Å²) in [7, 11) is 0. The number of benzene rings is 1. The van der Waals surface area contributed by atoms with E-state index in [1.165, 1.54) is 11.8 Å². The van der Waals surface area contributed by atoms with Crippen LogP contribution in [0.2, 0.25) is 0 Å². The molecule has 0 radical (unpaired) electrons. The molecule has 120 valence electrons. The van der Waals surface area contributed by atoms with Gasteiger partial charge in [-0.1, -0.05) is 27.7 Å². The molecule has 0 saturated heterocycles. The van der Waals surface area contributed by atoms with Crippen molar-refractivity contribution in [3.8, 4) is 0 Å². The van der Waals surface area contributed by atoms with Gasteiger partial charge >= 0.3 is 0 Å². The standard InChI is InChI=1S/C18H14BrN3OS/c19-14-3-5-15(6-4-14)24-18-16(2-1-9-21-18)17(23)22-12-13-7-10-20-11-8-13/h1-11H,12H2,(H,22,23). The molecule has 1 N–H and O–H groups in total. The molecule has 0 aliphatic rings. The van der Waals surface area contributed by atoms with Gasteiger partial charge in [-0.3, -0.25) is 9.78 Å². The van der Waals surface area contributed by atoms with Gasteiger partial charge in [-0.05, 0) is 54.1 Å². The van der Waals surface area contributed by atoms with Crippen LogP contribution in [0.4, 0.5) is 0 Å². The predicted molar refractivity (Wildman–Crippen MR) is 97.9 cm³/mol. The van der Waals surface area contributed by atoms with Crippen molar-refractivity contribution in [3.05, 3.63) is 82.7 Å². The average Bonchev–Trinajstić information content (AvgIpc) is 2.63. The molecule has 3 aromatic rings. The van der Waals surface area contributed by atoms with Crippen molar-refractivity contribution in [3.63, 3.8) is 0 Å². The molecule has 6 heteroatoms. The van der Waals surface area contributed by atoms with Crippen LogP contribution in [0.15, 0.2) is 81.5 Å². The maximum absolute atomic E-state index is 12.5. The van der Waals surface area contributed by atoms with Crippen LogP contribution < -0.4 is 5.32 Å². The highest BCUT2D eigenvalue weighted by atomic mass is 79.9. The van der Waals surface area contributed by atoms with Crippen LogP contribution in [0.3, 0.4) is 0 Å². The van der Waals surface area contributed by atoms with Crippen LogP contribution in [0.5, 0.6) is 0 Å². The molecule has 0 bridgehead atoms. The van der Waals surface area contributed by atoms with Crippen molar-refractivity contribution >= 4 is 33.6 Å². The molecule has 1 aromatic carbocycles. The fraction of sp³-hybridized carbons (Fsp3) is 0.0556. The Labute approximate surface area is 152 Å². The molecule has 24 heavy (non-hydrogen) atoms. The Balaban J connectivity index is 1.73. The van der Waals surface area contributed by atoms with Crippen LogP contribution in [-0.2, 0) is 6.54 Å². The van der Waals surface area contributed by atoms with Gasteiger partial charge in [-0.15, -0.1) is 0 Å². The number of amides is 1. The molecular formula is C18H14BrN3OS. The number of nitrogens with one attached hydrogen (secondary N) is 1. The van der Waals surface area contributed by atoms with Gasteiger partial charge in [0.25, 0.3) is 5.91 Å². The number of aromatic nitrogens is 2. The molecule has 0 atom stereocenters. The van der Waals surface area contributed by atoms with E-state index in [-0.39, 0.29) is 5.91 Å². The van der Waals surface area contributed by atoms with Crippen molar-refractivity contribution in [2.24, 2.45) is 0 Å². The van der Waals surface area contributed by atoms with E-state index in [1.807, 2.05) is 36.4 Å². The van der Waals surface area contributed by atoms with E-state index in [4.69, 9.17) is 0 Å². The summed E-state index contributed by atoms with van der Waals surface area (Å²) in [5.41, 5.74) is 1.57. The summed E-state index contributed by atoms with van der Waals surface area (Å²) < 4.78 is 1.02. The van der Waals surface area contributed by atoms with Gasteiger partial charge in [-0.25, -0.2) is 4.98 Å². The first kappa shape index (κ1) is 16.7. The van der Waals surface area contributed by atoms with Crippen molar-refractivity contribution in [1.82, 2.24) is 15.3 Å². The van der Waals surface area contributed by atoms with E-state index in [2.05, 4.69) is 31.2 Å². The fourth-order valence-corrected chi connectivity index (χ4v) is 3.18. The predicted octanol–water partition coefficient (Wildman–Crippen LogP) is 4.32. The second-order valence-electron chi connectivity index (χ2n) is 4.95. The zero-order valence-corrected chi connectivity index (χ0v) is 15.0. The Kier molecular flexibility index (Phi) is 5.61. The summed E-state index contributed by atoms with van der Waals surface area (Å²) in [6.45, 7) is 0.457. The van der Waals surface area contributed by atoms with Crippen LogP contribution >= 0.6 is 27.7 Å². The molecule has 4 nitrogen and oxygen atoms in total. The van der Waals surface area contributed by atoms with E-state index in [0.717, 1.165) is 14.9 Å². The first-order chi connectivity index (χ1) is 11.7. The molecule has 1 amide bonds. The smallest absolute Gasteiger partial charge is 0.254 e. The summed E-state index contributed by atoms with van der Waals surface area (Å²) in [6.07, 6.45) is 5.11. The van der Waals surface area contributed by atoms with Gasteiger partial charge in [0.15, 0.2) is 0 Å². The van der Waals surface area contributed by atoms with Crippen molar-refractivity contribution in [2.45, 2.75) is 16.5 Å². The second-order valence-corrected chi connectivity index (χ2v) is 6.93. The van der Waals surface area contributed by atoms with Gasteiger partial charge in [0, 0.05) is 34.5 Å². The maximum Gasteiger partial charge on any atom is 0.254 e. The quantitative estimate of drug-likeness (QED) is 0.693. The molecule has 3 rings (SSSR count). The third kappa shape index (κ3) is 4.43. The number of nitrogens with zero attached hydrogens (tertiary/aromatic N) is 2. The van der Waals surface area contributed by atoms with Gasteiger partial charge in [0.2, 0.25) is 0 Å². The van der Waals surface area contributed by atoms with E-state index in [1.54, 1.807) is 30.7 Å². The summed E-state index contributed by atoms with van der Waals surface area (Å²) in [4.78, 5) is 21.8. The molecule has 0 aliphatic heterocycles. The Morgan fingerprint density at radius 1 is 1.04 bits per heavy atom. The number of halogens is 1. The number of hydrogen-bond acceptors (Lipinski definition) is 4. The third-order valence-corrected chi connectivity index (χ3v) is 4.80. The monoisotopic (exact) mass is 399 g/mol. The molecule has 0 aliphatic carbocycles. The SMILES string of the molecule is O=C(NCc1ccncc1)c1cccnc1Sc1ccc(Br)cc1. The van der Waals surface area contributed by atoms with Gasteiger partial charge in [0.05, 0.1) is 5.56 Å². The minimum atomic E-state index is -0.139. The minimum Gasteiger partial charge on any atom is -0.348 e. The first-order valence-corrected chi connectivity index (χ1v) is 8.89. The average molecular weight is 400 g/mol.